The van der Waals surface area contributed by atoms with Crippen LogP contribution in [0.25, 0.3) is 0 Å². The molecular weight excluding hydrogens is 164 g/mol. The maximum atomic E-state index is 12.8. The Bertz CT molecular complexity index is 279. The third-order valence-electron chi connectivity index (χ3n) is 1.22. The summed E-state index contributed by atoms with van der Waals surface area (Å²) in [5, 5.41) is 3.24. The van der Waals surface area contributed by atoms with Gasteiger partial charge in [-0.15, -0.1) is 0 Å². The van der Waals surface area contributed by atoms with Gasteiger partial charge in [-0.1, -0.05) is 5.16 Å². The summed E-state index contributed by atoms with van der Waals surface area (Å²) in [6.07, 6.45) is 0.959. The van der Waals surface area contributed by atoms with Crippen molar-refractivity contribution in [2.45, 2.75) is 0 Å². The summed E-state index contributed by atoms with van der Waals surface area (Å²) in [7, 11) is 1.29. The Balaban J connectivity index is 3.04. The molecular formula is C8H6F2NO. The minimum absolute atomic E-state index is 0.251. The molecule has 1 aromatic carbocycles. The maximum absolute atomic E-state index is 12.8. The van der Waals surface area contributed by atoms with Crippen LogP contribution in [0.15, 0.2) is 17.3 Å². The Kier molecular flexibility index (Phi) is 2.74. The van der Waals surface area contributed by atoms with Gasteiger partial charge in [0.05, 0.1) is 11.8 Å². The molecule has 0 unspecified atom stereocenters. The van der Waals surface area contributed by atoms with Crippen molar-refractivity contribution < 1.29 is 13.6 Å². The fourth-order valence-electron chi connectivity index (χ4n) is 0.684. The average Bonchev–Trinajstić information content (AvgIpc) is 2.04. The predicted molar refractivity (Wildman–Crippen MR) is 39.8 cm³/mol. The molecule has 0 amide bonds. The van der Waals surface area contributed by atoms with Crippen molar-refractivity contribution in [3.63, 3.8) is 0 Å². The first-order valence-electron chi connectivity index (χ1n) is 3.18. The lowest BCUT2D eigenvalue weighted by Gasteiger charge is -1.95. The Hall–Kier alpha value is -1.45. The molecule has 63 valence electrons. The average molecular weight is 170 g/mol. The van der Waals surface area contributed by atoms with Gasteiger partial charge in [-0.25, -0.2) is 8.78 Å². The number of nitrogens with zero attached hydrogens (tertiary/aromatic N) is 1. The summed E-state index contributed by atoms with van der Waals surface area (Å²) in [5.41, 5.74) is -0.251. The summed E-state index contributed by atoms with van der Waals surface area (Å²) in [5.74, 6) is -1.47. The van der Waals surface area contributed by atoms with E-state index < -0.39 is 11.6 Å². The van der Waals surface area contributed by atoms with Crippen molar-refractivity contribution in [2.75, 3.05) is 7.11 Å². The lowest BCUT2D eigenvalue weighted by Crippen LogP contribution is -1.93. The van der Waals surface area contributed by atoms with Gasteiger partial charge in [0.2, 0.25) is 0 Å². The standard InChI is InChI=1S/C8H6F2NO/c1-12-11-5-6-7(9)3-2-4-8(6)10/h2-3,5H,1H3/b11-5+. The molecule has 0 spiro atoms. The van der Waals surface area contributed by atoms with Gasteiger partial charge in [-0.3, -0.25) is 0 Å². The molecule has 0 saturated carbocycles. The van der Waals surface area contributed by atoms with Crippen LogP contribution in [0, 0.1) is 17.7 Å². The van der Waals surface area contributed by atoms with Crippen LogP contribution in [-0.4, -0.2) is 13.3 Å². The minimum Gasteiger partial charge on any atom is -0.399 e. The van der Waals surface area contributed by atoms with Crippen LogP contribution in [-0.2, 0) is 4.84 Å². The van der Waals surface area contributed by atoms with Gasteiger partial charge in [0.15, 0.2) is 0 Å². The zero-order valence-corrected chi connectivity index (χ0v) is 6.34. The number of halogens is 2. The van der Waals surface area contributed by atoms with E-state index in [9.17, 15) is 8.78 Å². The molecule has 0 aliphatic carbocycles. The number of oxime groups is 1. The van der Waals surface area contributed by atoms with Crippen molar-refractivity contribution >= 4 is 6.21 Å². The summed E-state index contributed by atoms with van der Waals surface area (Å²) < 4.78 is 25.5. The second kappa shape index (κ2) is 3.80. The molecule has 0 aromatic heterocycles. The second-order valence-electron chi connectivity index (χ2n) is 1.97. The Morgan fingerprint density at radius 3 is 2.92 bits per heavy atom. The van der Waals surface area contributed by atoms with Crippen LogP contribution in [0.5, 0.6) is 0 Å². The highest BCUT2D eigenvalue weighted by molar-refractivity contribution is 5.79. The maximum Gasteiger partial charge on any atom is 0.142 e. The van der Waals surface area contributed by atoms with E-state index in [1.54, 1.807) is 0 Å². The van der Waals surface area contributed by atoms with Crippen LogP contribution in [0.2, 0.25) is 0 Å². The second-order valence-corrected chi connectivity index (χ2v) is 1.97. The van der Waals surface area contributed by atoms with Gasteiger partial charge < -0.3 is 4.84 Å². The Morgan fingerprint density at radius 1 is 1.58 bits per heavy atom. The summed E-state index contributed by atoms with van der Waals surface area (Å²) in [6, 6.07) is 4.45. The highest BCUT2D eigenvalue weighted by Gasteiger charge is 2.04. The quantitative estimate of drug-likeness (QED) is 0.489. The topological polar surface area (TPSA) is 21.6 Å². The van der Waals surface area contributed by atoms with Crippen molar-refractivity contribution in [1.29, 1.82) is 0 Å². The molecule has 0 fully saturated rings. The molecule has 0 heterocycles. The zero-order chi connectivity index (χ0) is 8.97. The van der Waals surface area contributed by atoms with E-state index in [-0.39, 0.29) is 5.56 Å². The molecule has 4 heteroatoms. The first-order valence-corrected chi connectivity index (χ1v) is 3.18. The fraction of sp³-hybridized carbons (Fsp3) is 0.125. The zero-order valence-electron chi connectivity index (χ0n) is 6.34. The van der Waals surface area contributed by atoms with Gasteiger partial charge in [-0.2, -0.15) is 0 Å². The molecule has 0 aliphatic heterocycles. The van der Waals surface area contributed by atoms with Crippen LogP contribution in [0.3, 0.4) is 0 Å². The van der Waals surface area contributed by atoms with Crippen molar-refractivity contribution in [3.05, 3.63) is 35.4 Å². The molecule has 12 heavy (non-hydrogen) atoms. The molecule has 0 saturated heterocycles. The normalized spacial score (nSPS) is 10.6. The van der Waals surface area contributed by atoms with Gasteiger partial charge in [0.1, 0.15) is 18.7 Å². The van der Waals surface area contributed by atoms with Gasteiger partial charge in [-0.05, 0) is 12.1 Å². The molecule has 0 bridgehead atoms. The van der Waals surface area contributed by atoms with E-state index in [2.05, 4.69) is 16.1 Å². The van der Waals surface area contributed by atoms with E-state index in [4.69, 9.17) is 0 Å². The largest absolute Gasteiger partial charge is 0.399 e. The Labute approximate surface area is 68.5 Å². The van der Waals surface area contributed by atoms with E-state index >= 15 is 0 Å². The lowest BCUT2D eigenvalue weighted by molar-refractivity contribution is 0.215. The minimum atomic E-state index is -0.782. The Morgan fingerprint density at radius 2 is 2.33 bits per heavy atom. The summed E-state index contributed by atoms with van der Waals surface area (Å²) >= 11 is 0. The summed E-state index contributed by atoms with van der Waals surface area (Å²) in [4.78, 5) is 4.28. The first kappa shape index (κ1) is 8.64. The highest BCUT2D eigenvalue weighted by atomic mass is 19.1. The number of hydrogen-bond donors (Lipinski definition) is 0. The van der Waals surface area contributed by atoms with Crippen LogP contribution in [0.4, 0.5) is 8.78 Å². The third-order valence-corrected chi connectivity index (χ3v) is 1.22. The number of rotatable bonds is 2. The SMILES string of the molecule is CO/N=C/c1c(F)[c]ccc1F. The third kappa shape index (κ3) is 1.78. The molecule has 1 aromatic rings. The van der Waals surface area contributed by atoms with Gasteiger partial charge in [0, 0.05) is 6.07 Å². The fourth-order valence-corrected chi connectivity index (χ4v) is 0.684. The smallest absolute Gasteiger partial charge is 0.142 e. The monoisotopic (exact) mass is 170 g/mol. The molecule has 0 aliphatic rings. The molecule has 1 radical (unpaired) electrons. The molecule has 0 atom stereocenters. The van der Waals surface area contributed by atoms with Crippen LogP contribution in [0.1, 0.15) is 5.56 Å². The van der Waals surface area contributed by atoms with Gasteiger partial charge in [0.25, 0.3) is 0 Å². The highest BCUT2D eigenvalue weighted by Crippen LogP contribution is 2.08. The number of benzene rings is 1. The first-order chi connectivity index (χ1) is 5.75. The van der Waals surface area contributed by atoms with E-state index in [1.165, 1.54) is 7.11 Å². The lowest BCUT2D eigenvalue weighted by atomic mass is 10.2. The molecule has 1 rings (SSSR count). The molecule has 0 N–H and O–H groups in total. The van der Waals surface area contributed by atoms with Crippen molar-refractivity contribution in [2.24, 2.45) is 5.16 Å². The van der Waals surface area contributed by atoms with Crippen LogP contribution < -0.4 is 0 Å². The van der Waals surface area contributed by atoms with E-state index in [1.807, 2.05) is 0 Å². The van der Waals surface area contributed by atoms with Crippen LogP contribution >= 0.6 is 0 Å². The predicted octanol–water partition coefficient (Wildman–Crippen LogP) is 1.75. The van der Waals surface area contributed by atoms with E-state index in [0.29, 0.717) is 0 Å². The molecule has 2 nitrogen and oxygen atoms in total. The van der Waals surface area contributed by atoms with Crippen molar-refractivity contribution in [3.8, 4) is 0 Å². The van der Waals surface area contributed by atoms with Gasteiger partial charge >= 0.3 is 0 Å². The van der Waals surface area contributed by atoms with Crippen molar-refractivity contribution in [1.82, 2.24) is 0 Å². The number of hydrogen-bond acceptors (Lipinski definition) is 2. The summed E-state index contributed by atoms with van der Waals surface area (Å²) in [6.45, 7) is 0. The van der Waals surface area contributed by atoms with E-state index in [0.717, 1.165) is 18.3 Å².